The molecule has 5 heteroatoms. The largest absolute Gasteiger partial charge is 0.465 e. The smallest absolute Gasteiger partial charge is 0.337 e. The summed E-state index contributed by atoms with van der Waals surface area (Å²) in [6, 6.07) is 14.7. The van der Waals surface area contributed by atoms with Gasteiger partial charge in [0.1, 0.15) is 0 Å². The summed E-state index contributed by atoms with van der Waals surface area (Å²) in [6.45, 7) is 9.67. The molecule has 0 aliphatic carbocycles. The molecule has 3 rings (SSSR count). The molecule has 1 heterocycles. The van der Waals surface area contributed by atoms with E-state index in [-0.39, 0.29) is 5.97 Å². The summed E-state index contributed by atoms with van der Waals surface area (Å²) in [5, 5.41) is 0. The van der Waals surface area contributed by atoms with Gasteiger partial charge in [-0.1, -0.05) is 37.7 Å². The van der Waals surface area contributed by atoms with E-state index >= 15 is 0 Å². The van der Waals surface area contributed by atoms with E-state index in [2.05, 4.69) is 54.8 Å². The van der Waals surface area contributed by atoms with Crippen LogP contribution in [-0.4, -0.2) is 43.7 Å². The molecule has 0 aromatic heterocycles. The van der Waals surface area contributed by atoms with Crippen molar-refractivity contribution >= 4 is 29.1 Å². The molecule has 1 aliphatic rings. The maximum atomic E-state index is 11.9. The quantitative estimate of drug-likeness (QED) is 0.682. The summed E-state index contributed by atoms with van der Waals surface area (Å²) in [6.07, 6.45) is 0. The van der Waals surface area contributed by atoms with Gasteiger partial charge in [-0.25, -0.2) is 4.79 Å². The van der Waals surface area contributed by atoms with Crippen LogP contribution in [0.15, 0.2) is 52.3 Å². The lowest BCUT2D eigenvalue weighted by atomic mass is 10.1. The lowest BCUT2D eigenvalue weighted by Gasteiger charge is -2.37. The van der Waals surface area contributed by atoms with Crippen LogP contribution in [0.4, 0.5) is 11.4 Å². The van der Waals surface area contributed by atoms with Gasteiger partial charge in [0, 0.05) is 22.4 Å². The lowest BCUT2D eigenvalue weighted by Crippen LogP contribution is -2.41. The van der Waals surface area contributed by atoms with E-state index in [4.69, 9.17) is 4.74 Å². The van der Waals surface area contributed by atoms with Gasteiger partial charge < -0.3 is 9.64 Å². The number of benzene rings is 2. The molecule has 0 bridgehead atoms. The number of esters is 1. The first-order chi connectivity index (χ1) is 12.6. The number of hydrogen-bond donors (Lipinski definition) is 0. The molecule has 138 valence electrons. The monoisotopic (exact) mass is 370 g/mol. The number of ether oxygens (including phenoxy) is 1. The van der Waals surface area contributed by atoms with Gasteiger partial charge >= 0.3 is 5.97 Å². The van der Waals surface area contributed by atoms with Crippen molar-refractivity contribution in [1.82, 2.24) is 4.90 Å². The molecule has 0 spiro atoms. The summed E-state index contributed by atoms with van der Waals surface area (Å²) in [5.74, 6) is -0.296. The minimum atomic E-state index is -0.296. The van der Waals surface area contributed by atoms with Crippen molar-refractivity contribution in [3.05, 3.63) is 48.0 Å². The standard InChI is InChI=1S/C21H26N2O2S/c1-5-22(6-2)15(3)14-23-17-9-7-8-10-19(17)26-20-13-16(21(24)25-4)11-12-18(20)23/h7-13,15H,5-6,14H2,1-4H3. The zero-order valence-electron chi connectivity index (χ0n) is 15.9. The number of hydrogen-bond acceptors (Lipinski definition) is 5. The number of fused-ring (bicyclic) bond motifs is 2. The Hall–Kier alpha value is -1.98. The fourth-order valence-corrected chi connectivity index (χ4v) is 4.64. The minimum absolute atomic E-state index is 0.296. The Labute approximate surface area is 160 Å². The molecule has 1 aliphatic heterocycles. The number of nitrogens with zero attached hydrogens (tertiary/aromatic N) is 2. The molecule has 0 N–H and O–H groups in total. The Bertz CT molecular complexity index is 789. The van der Waals surface area contributed by atoms with Gasteiger partial charge in [0.05, 0.1) is 24.0 Å². The van der Waals surface area contributed by atoms with E-state index in [0.29, 0.717) is 11.6 Å². The second-order valence-corrected chi connectivity index (χ2v) is 7.51. The number of rotatable bonds is 6. The van der Waals surface area contributed by atoms with Gasteiger partial charge in [-0.05, 0) is 50.3 Å². The summed E-state index contributed by atoms with van der Waals surface area (Å²) in [5.41, 5.74) is 2.98. The van der Waals surface area contributed by atoms with Crippen LogP contribution in [0.25, 0.3) is 0 Å². The van der Waals surface area contributed by atoms with Crippen molar-refractivity contribution in [2.24, 2.45) is 0 Å². The van der Waals surface area contributed by atoms with E-state index < -0.39 is 0 Å². The number of carbonyl (C=O) groups excluding carboxylic acids is 1. The molecule has 1 atom stereocenters. The van der Waals surface area contributed by atoms with Crippen molar-refractivity contribution in [2.45, 2.75) is 36.6 Å². The second kappa shape index (κ2) is 8.14. The van der Waals surface area contributed by atoms with Crippen LogP contribution in [0, 0.1) is 0 Å². The zero-order valence-corrected chi connectivity index (χ0v) is 16.7. The second-order valence-electron chi connectivity index (χ2n) is 6.42. The Balaban J connectivity index is 2.00. The highest BCUT2D eigenvalue weighted by molar-refractivity contribution is 7.99. The molecule has 4 nitrogen and oxygen atoms in total. The molecular weight excluding hydrogens is 344 g/mol. The normalized spacial score (nSPS) is 14.0. The molecule has 1 unspecified atom stereocenters. The molecule has 2 aromatic rings. The first kappa shape index (κ1) is 18.8. The maximum Gasteiger partial charge on any atom is 0.337 e. The molecule has 2 aromatic carbocycles. The van der Waals surface area contributed by atoms with Crippen molar-refractivity contribution in [3.8, 4) is 0 Å². The van der Waals surface area contributed by atoms with Crippen LogP contribution in [0.2, 0.25) is 0 Å². The highest BCUT2D eigenvalue weighted by Gasteiger charge is 2.26. The summed E-state index contributed by atoms with van der Waals surface area (Å²) >= 11 is 1.71. The highest BCUT2D eigenvalue weighted by Crippen LogP contribution is 2.48. The van der Waals surface area contributed by atoms with Crippen LogP contribution in [-0.2, 0) is 4.74 Å². The van der Waals surface area contributed by atoms with Crippen molar-refractivity contribution in [1.29, 1.82) is 0 Å². The average molecular weight is 371 g/mol. The summed E-state index contributed by atoms with van der Waals surface area (Å²) in [7, 11) is 1.42. The first-order valence-corrected chi connectivity index (χ1v) is 9.91. The summed E-state index contributed by atoms with van der Waals surface area (Å²) in [4.78, 5) is 19.1. The van der Waals surface area contributed by atoms with E-state index in [1.807, 2.05) is 18.2 Å². The average Bonchev–Trinajstić information content (AvgIpc) is 2.67. The number of carbonyl (C=O) groups is 1. The predicted molar refractivity (Wildman–Crippen MR) is 108 cm³/mol. The topological polar surface area (TPSA) is 32.8 Å². The van der Waals surface area contributed by atoms with E-state index in [9.17, 15) is 4.79 Å². The minimum Gasteiger partial charge on any atom is -0.465 e. The Kier molecular flexibility index (Phi) is 5.89. The van der Waals surface area contributed by atoms with Crippen LogP contribution in [0.5, 0.6) is 0 Å². The maximum absolute atomic E-state index is 11.9. The highest BCUT2D eigenvalue weighted by atomic mass is 32.2. The fraction of sp³-hybridized carbons (Fsp3) is 0.381. The van der Waals surface area contributed by atoms with Crippen LogP contribution in [0.1, 0.15) is 31.1 Å². The van der Waals surface area contributed by atoms with E-state index in [1.165, 1.54) is 17.7 Å². The van der Waals surface area contributed by atoms with Gasteiger partial charge in [-0.3, -0.25) is 4.90 Å². The Morgan fingerprint density at radius 1 is 1.12 bits per heavy atom. The third-order valence-corrected chi connectivity index (χ3v) is 6.04. The number of anilines is 2. The lowest BCUT2D eigenvalue weighted by molar-refractivity contribution is 0.0600. The van der Waals surface area contributed by atoms with E-state index in [0.717, 1.165) is 30.2 Å². The third-order valence-electron chi connectivity index (χ3n) is 4.93. The van der Waals surface area contributed by atoms with Crippen molar-refractivity contribution in [2.75, 3.05) is 31.6 Å². The molecule has 26 heavy (non-hydrogen) atoms. The van der Waals surface area contributed by atoms with Crippen LogP contribution >= 0.6 is 11.8 Å². The van der Waals surface area contributed by atoms with Gasteiger partial charge in [0.15, 0.2) is 0 Å². The fourth-order valence-electron chi connectivity index (χ4n) is 3.50. The Morgan fingerprint density at radius 3 is 2.50 bits per heavy atom. The number of methoxy groups -OCH3 is 1. The zero-order chi connectivity index (χ0) is 18.7. The number of likely N-dealkylation sites (N-methyl/N-ethyl adjacent to an activating group) is 1. The van der Waals surface area contributed by atoms with Gasteiger partial charge in [0.25, 0.3) is 0 Å². The SMILES string of the molecule is CCN(CC)C(C)CN1c2ccccc2Sc2cc(C(=O)OC)ccc21. The van der Waals surface area contributed by atoms with E-state index in [1.54, 1.807) is 11.8 Å². The van der Waals surface area contributed by atoms with Crippen LogP contribution in [0.3, 0.4) is 0 Å². The summed E-state index contributed by atoms with van der Waals surface area (Å²) < 4.78 is 4.88. The molecule has 0 saturated carbocycles. The molecule has 0 radical (unpaired) electrons. The van der Waals surface area contributed by atoms with Gasteiger partial charge in [-0.15, -0.1) is 0 Å². The number of para-hydroxylation sites is 1. The first-order valence-electron chi connectivity index (χ1n) is 9.09. The van der Waals surface area contributed by atoms with Gasteiger partial charge in [0.2, 0.25) is 0 Å². The van der Waals surface area contributed by atoms with Crippen LogP contribution < -0.4 is 4.90 Å². The molecular formula is C21H26N2O2S. The third kappa shape index (κ3) is 3.60. The molecule has 0 fully saturated rings. The van der Waals surface area contributed by atoms with Crippen molar-refractivity contribution < 1.29 is 9.53 Å². The molecule has 0 amide bonds. The van der Waals surface area contributed by atoms with Crippen molar-refractivity contribution in [3.63, 3.8) is 0 Å². The molecule has 0 saturated heterocycles. The predicted octanol–water partition coefficient (Wildman–Crippen LogP) is 4.81. The van der Waals surface area contributed by atoms with Gasteiger partial charge in [-0.2, -0.15) is 0 Å². The Morgan fingerprint density at radius 2 is 1.81 bits per heavy atom.